The third-order valence-corrected chi connectivity index (χ3v) is 2.36. The molecule has 0 atom stereocenters. The predicted molar refractivity (Wildman–Crippen MR) is 58.4 cm³/mol. The van der Waals surface area contributed by atoms with Gasteiger partial charge in [-0.05, 0) is 49.1 Å². The largest absolute Gasteiger partial charge is 0.309 e. The zero-order valence-corrected chi connectivity index (χ0v) is 8.39. The lowest BCUT2D eigenvalue weighted by Crippen LogP contribution is -1.89. The second kappa shape index (κ2) is 4.04. The van der Waals surface area contributed by atoms with Crippen molar-refractivity contribution in [3.63, 3.8) is 0 Å². The van der Waals surface area contributed by atoms with Crippen LogP contribution in [0.3, 0.4) is 0 Å². The summed E-state index contributed by atoms with van der Waals surface area (Å²) in [7, 11) is 0. The third-order valence-electron chi connectivity index (χ3n) is 2.36. The van der Waals surface area contributed by atoms with Crippen LogP contribution in [0, 0.1) is 19.3 Å². The molecule has 1 N–H and O–H groups in total. The minimum atomic E-state index is 1.15. The monoisotopic (exact) mass is 173 g/mol. The first-order valence-corrected chi connectivity index (χ1v) is 4.40. The first-order valence-electron chi connectivity index (χ1n) is 4.40. The summed E-state index contributed by atoms with van der Waals surface area (Å²) >= 11 is 0. The normalized spacial score (nSPS) is 11.5. The zero-order chi connectivity index (χ0) is 9.84. The van der Waals surface area contributed by atoms with E-state index in [1.54, 1.807) is 0 Å². The van der Waals surface area contributed by atoms with Crippen molar-refractivity contribution in [2.24, 2.45) is 0 Å². The van der Waals surface area contributed by atoms with Crippen LogP contribution in [0.4, 0.5) is 0 Å². The van der Waals surface area contributed by atoms with Crippen molar-refractivity contribution >= 4 is 11.8 Å². The topological polar surface area (TPSA) is 23.9 Å². The van der Waals surface area contributed by atoms with Gasteiger partial charge in [0, 0.05) is 6.21 Å². The van der Waals surface area contributed by atoms with E-state index in [0.29, 0.717) is 0 Å². The molecule has 0 unspecified atom stereocenters. The molecule has 0 saturated carbocycles. The molecule has 68 valence electrons. The van der Waals surface area contributed by atoms with Gasteiger partial charge in [-0.2, -0.15) is 0 Å². The highest BCUT2D eigenvalue weighted by Gasteiger charge is 2.00. The number of benzene rings is 1. The molecule has 0 radical (unpaired) electrons. The summed E-state index contributed by atoms with van der Waals surface area (Å²) in [6.07, 6.45) is 3.15. The minimum Gasteiger partial charge on any atom is -0.309 e. The molecule has 0 spiro atoms. The van der Waals surface area contributed by atoms with Crippen LogP contribution < -0.4 is 0 Å². The molecular weight excluding hydrogens is 158 g/mol. The number of allylic oxidation sites excluding steroid dienone is 2. The SMILES string of the molecule is C/C(=C/C=N)c1cccc(C)c1C. The van der Waals surface area contributed by atoms with Crippen molar-refractivity contribution in [3.8, 4) is 0 Å². The fraction of sp³-hybridized carbons (Fsp3) is 0.250. The number of nitrogens with one attached hydrogen (secondary N) is 1. The molecular formula is C12H15N. The van der Waals surface area contributed by atoms with Crippen molar-refractivity contribution < 1.29 is 0 Å². The van der Waals surface area contributed by atoms with Gasteiger partial charge >= 0.3 is 0 Å². The lowest BCUT2D eigenvalue weighted by atomic mass is 9.98. The molecule has 0 aliphatic heterocycles. The van der Waals surface area contributed by atoms with Gasteiger partial charge in [0.25, 0.3) is 0 Å². The summed E-state index contributed by atoms with van der Waals surface area (Å²) < 4.78 is 0. The maximum absolute atomic E-state index is 7.01. The van der Waals surface area contributed by atoms with Gasteiger partial charge in [-0.3, -0.25) is 0 Å². The Morgan fingerprint density at radius 1 is 1.31 bits per heavy atom. The Morgan fingerprint density at radius 3 is 2.62 bits per heavy atom. The van der Waals surface area contributed by atoms with E-state index in [0.717, 1.165) is 5.57 Å². The van der Waals surface area contributed by atoms with Gasteiger partial charge < -0.3 is 5.41 Å². The molecule has 1 aromatic rings. The summed E-state index contributed by atoms with van der Waals surface area (Å²) in [6, 6.07) is 6.26. The minimum absolute atomic E-state index is 1.15. The maximum Gasteiger partial charge on any atom is 0.0180 e. The van der Waals surface area contributed by atoms with Crippen molar-refractivity contribution in [3.05, 3.63) is 41.0 Å². The standard InChI is InChI=1S/C12H15N/c1-9-5-4-6-12(11(9)3)10(2)7-8-13/h4-8,13H,1-3H3/b10-7-,13-8?. The van der Waals surface area contributed by atoms with Crippen molar-refractivity contribution in [1.29, 1.82) is 5.41 Å². The first kappa shape index (κ1) is 9.72. The second-order valence-electron chi connectivity index (χ2n) is 3.26. The third kappa shape index (κ3) is 2.05. The van der Waals surface area contributed by atoms with Gasteiger partial charge in [-0.1, -0.05) is 18.2 Å². The molecule has 1 nitrogen and oxygen atoms in total. The molecule has 13 heavy (non-hydrogen) atoms. The molecule has 0 amide bonds. The first-order chi connectivity index (χ1) is 6.16. The molecule has 0 aromatic heterocycles. The van der Waals surface area contributed by atoms with Gasteiger partial charge in [-0.25, -0.2) is 0 Å². The molecule has 1 heteroatoms. The number of hydrogen-bond acceptors (Lipinski definition) is 1. The van der Waals surface area contributed by atoms with Crippen molar-refractivity contribution in [2.75, 3.05) is 0 Å². The Kier molecular flexibility index (Phi) is 3.02. The van der Waals surface area contributed by atoms with Crippen LogP contribution in [0.25, 0.3) is 5.57 Å². The Bertz CT molecular complexity index is 348. The van der Waals surface area contributed by atoms with E-state index >= 15 is 0 Å². The van der Waals surface area contributed by atoms with Crippen LogP contribution in [0.15, 0.2) is 24.3 Å². The molecule has 0 aliphatic carbocycles. The quantitative estimate of drug-likeness (QED) is 0.663. The van der Waals surface area contributed by atoms with Gasteiger partial charge in [0.05, 0.1) is 0 Å². The maximum atomic E-state index is 7.01. The average Bonchev–Trinajstić information content (AvgIpc) is 2.10. The Morgan fingerprint density at radius 2 is 2.00 bits per heavy atom. The van der Waals surface area contributed by atoms with Crippen molar-refractivity contribution in [2.45, 2.75) is 20.8 Å². The molecule has 1 aromatic carbocycles. The Labute approximate surface area is 79.6 Å². The molecule has 0 fully saturated rings. The summed E-state index contributed by atoms with van der Waals surface area (Å²) in [6.45, 7) is 6.26. The summed E-state index contributed by atoms with van der Waals surface area (Å²) in [5, 5.41) is 7.01. The smallest absolute Gasteiger partial charge is 0.0180 e. The van der Waals surface area contributed by atoms with Gasteiger partial charge in [0.2, 0.25) is 0 Å². The second-order valence-corrected chi connectivity index (χ2v) is 3.26. The highest BCUT2D eigenvalue weighted by molar-refractivity contribution is 5.83. The van der Waals surface area contributed by atoms with E-state index in [1.165, 1.54) is 22.9 Å². The number of aryl methyl sites for hydroxylation is 1. The molecule has 0 aliphatic rings. The predicted octanol–water partition coefficient (Wildman–Crippen LogP) is 3.36. The van der Waals surface area contributed by atoms with E-state index in [-0.39, 0.29) is 0 Å². The van der Waals surface area contributed by atoms with Gasteiger partial charge in [0.1, 0.15) is 0 Å². The van der Waals surface area contributed by atoms with Crippen molar-refractivity contribution in [1.82, 2.24) is 0 Å². The van der Waals surface area contributed by atoms with E-state index in [4.69, 9.17) is 5.41 Å². The summed E-state index contributed by atoms with van der Waals surface area (Å²) in [5.41, 5.74) is 4.99. The van der Waals surface area contributed by atoms with Gasteiger partial charge in [0.15, 0.2) is 0 Å². The Hall–Kier alpha value is -1.37. The van der Waals surface area contributed by atoms with E-state index in [1.807, 2.05) is 13.0 Å². The average molecular weight is 173 g/mol. The number of rotatable bonds is 2. The molecule has 0 bridgehead atoms. The van der Waals surface area contributed by atoms with Crippen LogP contribution >= 0.6 is 0 Å². The molecule has 0 heterocycles. The van der Waals surface area contributed by atoms with E-state index in [9.17, 15) is 0 Å². The fourth-order valence-electron chi connectivity index (χ4n) is 1.39. The lowest BCUT2D eigenvalue weighted by Gasteiger charge is -2.07. The lowest BCUT2D eigenvalue weighted by molar-refractivity contribution is 1.31. The highest BCUT2D eigenvalue weighted by atomic mass is 14.3. The van der Waals surface area contributed by atoms with Gasteiger partial charge in [-0.15, -0.1) is 0 Å². The fourth-order valence-corrected chi connectivity index (χ4v) is 1.39. The molecule has 1 rings (SSSR count). The van der Waals surface area contributed by atoms with E-state index in [2.05, 4.69) is 32.0 Å². The van der Waals surface area contributed by atoms with Crippen LogP contribution in [-0.4, -0.2) is 6.21 Å². The zero-order valence-electron chi connectivity index (χ0n) is 8.39. The van der Waals surface area contributed by atoms with Crippen LogP contribution in [0.5, 0.6) is 0 Å². The summed E-state index contributed by atoms with van der Waals surface area (Å²) in [5.74, 6) is 0. The van der Waals surface area contributed by atoms with Crippen LogP contribution in [0.1, 0.15) is 23.6 Å². The Balaban J connectivity index is 3.22. The molecule has 0 saturated heterocycles. The van der Waals surface area contributed by atoms with Crippen LogP contribution in [-0.2, 0) is 0 Å². The van der Waals surface area contributed by atoms with E-state index < -0.39 is 0 Å². The summed E-state index contributed by atoms with van der Waals surface area (Å²) in [4.78, 5) is 0. The number of hydrogen-bond donors (Lipinski definition) is 1. The van der Waals surface area contributed by atoms with Crippen LogP contribution in [0.2, 0.25) is 0 Å². The highest BCUT2D eigenvalue weighted by Crippen LogP contribution is 2.20.